The van der Waals surface area contributed by atoms with Crippen molar-refractivity contribution >= 4 is 17.7 Å². The first-order valence-corrected chi connectivity index (χ1v) is 8.11. The Morgan fingerprint density at radius 2 is 1.96 bits per heavy atom. The highest BCUT2D eigenvalue weighted by Gasteiger charge is 2.36. The number of hydrogen-bond acceptors (Lipinski definition) is 7. The van der Waals surface area contributed by atoms with E-state index in [-0.39, 0.29) is 17.8 Å². The summed E-state index contributed by atoms with van der Waals surface area (Å²) in [7, 11) is 4.58. The van der Waals surface area contributed by atoms with Crippen molar-refractivity contribution in [3.05, 3.63) is 17.7 Å². The maximum Gasteiger partial charge on any atom is 0.233 e. The second-order valence-electron chi connectivity index (χ2n) is 4.97. The molecule has 1 heterocycles. The number of hydrogen-bond donors (Lipinski definition) is 2. The number of carbonyl (C=O) groups excluding carboxylic acids is 1. The largest absolute Gasteiger partial charge is 0.493 e. The van der Waals surface area contributed by atoms with Crippen LogP contribution in [0.2, 0.25) is 0 Å². The second kappa shape index (κ2) is 7.76. The summed E-state index contributed by atoms with van der Waals surface area (Å²) in [5.74, 6) is 1.69. The molecule has 0 radical (unpaired) electrons. The summed E-state index contributed by atoms with van der Waals surface area (Å²) in [4.78, 5) is 13.6. The van der Waals surface area contributed by atoms with Crippen LogP contribution in [-0.4, -0.2) is 67.4 Å². The highest BCUT2D eigenvalue weighted by atomic mass is 32.2. The van der Waals surface area contributed by atoms with E-state index >= 15 is 0 Å². The van der Waals surface area contributed by atoms with Crippen molar-refractivity contribution < 1.29 is 29.2 Å². The molecule has 2 unspecified atom stereocenters. The van der Waals surface area contributed by atoms with Gasteiger partial charge in [0.2, 0.25) is 11.7 Å². The van der Waals surface area contributed by atoms with Gasteiger partial charge in [0.25, 0.3) is 0 Å². The average molecular weight is 343 g/mol. The number of carbonyl (C=O) groups is 1. The molecule has 2 rings (SSSR count). The predicted octanol–water partition coefficient (Wildman–Crippen LogP) is 0.640. The van der Waals surface area contributed by atoms with Crippen LogP contribution < -0.4 is 14.2 Å². The Balaban J connectivity index is 2.41. The Kier molecular flexibility index (Phi) is 5.97. The van der Waals surface area contributed by atoms with Crippen molar-refractivity contribution in [1.29, 1.82) is 0 Å². The molecule has 1 saturated heterocycles. The van der Waals surface area contributed by atoms with Gasteiger partial charge < -0.3 is 29.3 Å². The number of thioether (sulfide) groups is 1. The number of amides is 1. The molecule has 0 aliphatic carbocycles. The van der Waals surface area contributed by atoms with Gasteiger partial charge in [-0.3, -0.25) is 4.79 Å². The first kappa shape index (κ1) is 17.7. The highest BCUT2D eigenvalue weighted by Crippen LogP contribution is 2.48. The van der Waals surface area contributed by atoms with E-state index in [1.54, 1.807) is 6.07 Å². The molecule has 7 nitrogen and oxygen atoms in total. The third kappa shape index (κ3) is 3.49. The molecule has 1 aliphatic rings. The van der Waals surface area contributed by atoms with Crippen LogP contribution in [0.1, 0.15) is 10.9 Å². The Morgan fingerprint density at radius 3 is 2.52 bits per heavy atom. The third-order valence-corrected chi connectivity index (χ3v) is 4.82. The van der Waals surface area contributed by atoms with Crippen LogP contribution in [0.3, 0.4) is 0 Å². The number of methoxy groups -OCH3 is 3. The number of aliphatic hydroxyl groups excluding tert-OH is 2. The van der Waals surface area contributed by atoms with Crippen LogP contribution in [0.4, 0.5) is 0 Å². The van der Waals surface area contributed by atoms with Crippen LogP contribution in [-0.2, 0) is 4.79 Å². The van der Waals surface area contributed by atoms with Crippen molar-refractivity contribution in [2.45, 2.75) is 11.5 Å². The van der Waals surface area contributed by atoms with Crippen molar-refractivity contribution in [2.24, 2.45) is 0 Å². The molecule has 1 aromatic carbocycles. The van der Waals surface area contributed by atoms with Crippen LogP contribution >= 0.6 is 11.8 Å². The number of ether oxygens (including phenoxy) is 3. The summed E-state index contributed by atoms with van der Waals surface area (Å²) in [5, 5.41) is 18.4. The minimum atomic E-state index is -0.980. The smallest absolute Gasteiger partial charge is 0.233 e. The highest BCUT2D eigenvalue weighted by molar-refractivity contribution is 8.00. The molecule has 2 N–H and O–H groups in total. The number of aliphatic hydroxyl groups is 2. The molecule has 128 valence electrons. The summed E-state index contributed by atoms with van der Waals surface area (Å²) in [6.45, 7) is -0.339. The fourth-order valence-corrected chi connectivity index (χ4v) is 3.73. The fourth-order valence-electron chi connectivity index (χ4n) is 2.51. The third-order valence-electron chi connectivity index (χ3n) is 3.59. The van der Waals surface area contributed by atoms with Crippen molar-refractivity contribution in [3.63, 3.8) is 0 Å². The van der Waals surface area contributed by atoms with E-state index in [4.69, 9.17) is 19.3 Å². The van der Waals surface area contributed by atoms with Crippen molar-refractivity contribution in [2.75, 3.05) is 40.2 Å². The Morgan fingerprint density at radius 1 is 1.26 bits per heavy atom. The number of β-amino-alcohol motifs (C(OH)–C–C–N with tert-alkyl or cyclic N) is 1. The summed E-state index contributed by atoms with van der Waals surface area (Å²) < 4.78 is 16.1. The lowest BCUT2D eigenvalue weighted by molar-refractivity contribution is -0.129. The first-order chi connectivity index (χ1) is 11.1. The molecule has 2 atom stereocenters. The molecular weight excluding hydrogens is 322 g/mol. The van der Waals surface area contributed by atoms with Gasteiger partial charge in [0, 0.05) is 5.56 Å². The predicted molar refractivity (Wildman–Crippen MR) is 86.1 cm³/mol. The molecule has 0 spiro atoms. The summed E-state index contributed by atoms with van der Waals surface area (Å²) >= 11 is 1.43. The topological polar surface area (TPSA) is 88.5 Å². The first-order valence-electron chi connectivity index (χ1n) is 7.06. The fraction of sp³-hybridized carbons (Fsp3) is 0.533. The molecule has 0 bridgehead atoms. The molecule has 1 aliphatic heterocycles. The summed E-state index contributed by atoms with van der Waals surface area (Å²) in [5.41, 5.74) is 0.756. The van der Waals surface area contributed by atoms with Gasteiger partial charge in [0.05, 0.1) is 46.3 Å². The normalized spacial score (nSPS) is 18.9. The van der Waals surface area contributed by atoms with E-state index in [9.17, 15) is 9.90 Å². The number of nitrogens with zero attached hydrogens (tertiary/aromatic N) is 1. The lowest BCUT2D eigenvalue weighted by atomic mass is 10.1. The Hall–Kier alpha value is -1.64. The van der Waals surface area contributed by atoms with Gasteiger partial charge in [-0.25, -0.2) is 0 Å². The van der Waals surface area contributed by atoms with Gasteiger partial charge in [-0.15, -0.1) is 11.8 Å². The molecule has 1 aromatic rings. The van der Waals surface area contributed by atoms with Crippen LogP contribution in [0.15, 0.2) is 12.1 Å². The van der Waals surface area contributed by atoms with Crippen LogP contribution in [0, 0.1) is 0 Å². The zero-order valence-electron chi connectivity index (χ0n) is 13.3. The van der Waals surface area contributed by atoms with E-state index in [2.05, 4.69) is 0 Å². The molecule has 0 aromatic heterocycles. The van der Waals surface area contributed by atoms with Crippen LogP contribution in [0.25, 0.3) is 0 Å². The molecule has 0 saturated carbocycles. The number of rotatable bonds is 7. The maximum absolute atomic E-state index is 12.1. The van der Waals surface area contributed by atoms with E-state index < -0.39 is 12.7 Å². The monoisotopic (exact) mass is 343 g/mol. The van der Waals surface area contributed by atoms with Crippen LogP contribution in [0.5, 0.6) is 17.2 Å². The van der Waals surface area contributed by atoms with E-state index in [0.29, 0.717) is 23.0 Å². The lowest BCUT2D eigenvalue weighted by Crippen LogP contribution is -2.37. The van der Waals surface area contributed by atoms with Crippen molar-refractivity contribution in [3.8, 4) is 17.2 Å². The van der Waals surface area contributed by atoms with Gasteiger partial charge in [-0.05, 0) is 12.1 Å². The molecular formula is C15H21NO6S. The minimum absolute atomic E-state index is 0.0600. The van der Waals surface area contributed by atoms with E-state index in [1.807, 2.05) is 6.07 Å². The van der Waals surface area contributed by atoms with E-state index in [0.717, 1.165) is 5.56 Å². The SMILES string of the molecule is COc1ccc(C2SCC(=O)N2CC(O)CO)c(OC)c1OC. The van der Waals surface area contributed by atoms with Gasteiger partial charge in [0.15, 0.2) is 11.5 Å². The maximum atomic E-state index is 12.1. The molecule has 1 amide bonds. The average Bonchev–Trinajstić information content (AvgIpc) is 2.93. The van der Waals surface area contributed by atoms with Gasteiger partial charge in [0.1, 0.15) is 5.37 Å². The molecule has 23 heavy (non-hydrogen) atoms. The Bertz CT molecular complexity index is 567. The second-order valence-corrected chi connectivity index (χ2v) is 6.04. The van der Waals surface area contributed by atoms with Gasteiger partial charge in [-0.1, -0.05) is 0 Å². The Labute approximate surface area is 139 Å². The zero-order chi connectivity index (χ0) is 17.0. The lowest BCUT2D eigenvalue weighted by Gasteiger charge is -2.27. The zero-order valence-corrected chi connectivity index (χ0v) is 14.1. The standard InChI is InChI=1S/C15H21NO6S/c1-20-11-5-4-10(13(21-2)14(11)22-3)15-16(6-9(18)7-17)12(19)8-23-15/h4-5,9,15,17-18H,6-8H2,1-3H3. The quantitative estimate of drug-likeness (QED) is 0.751. The van der Waals surface area contributed by atoms with Gasteiger partial charge in [-0.2, -0.15) is 0 Å². The molecule has 8 heteroatoms. The summed E-state index contributed by atoms with van der Waals surface area (Å²) in [6.07, 6.45) is -0.980. The minimum Gasteiger partial charge on any atom is -0.493 e. The van der Waals surface area contributed by atoms with Crippen molar-refractivity contribution in [1.82, 2.24) is 4.90 Å². The molecule has 1 fully saturated rings. The van der Waals surface area contributed by atoms with Gasteiger partial charge >= 0.3 is 0 Å². The summed E-state index contributed by atoms with van der Waals surface area (Å²) in [6, 6.07) is 3.56. The van der Waals surface area contributed by atoms with E-state index in [1.165, 1.54) is 38.0 Å². The number of benzene rings is 1.